The summed E-state index contributed by atoms with van der Waals surface area (Å²) in [6.07, 6.45) is 7.83. The highest BCUT2D eigenvalue weighted by Gasteiger charge is 2.20. The van der Waals surface area contributed by atoms with E-state index in [4.69, 9.17) is 17.3 Å². The number of halogens is 1. The molecular formula is C13H19ClN4. The van der Waals surface area contributed by atoms with Gasteiger partial charge in [0.15, 0.2) is 11.0 Å². The first-order valence-electron chi connectivity index (χ1n) is 6.40. The number of nitrogens with two attached hydrogens (primary N) is 1. The molecule has 0 aromatic carbocycles. The lowest BCUT2D eigenvalue weighted by atomic mass is 9.89. The normalized spacial score (nSPS) is 16.5. The second kappa shape index (κ2) is 6.05. The fraction of sp³-hybridized carbons (Fsp3) is 0.538. The van der Waals surface area contributed by atoms with Crippen LogP contribution < -0.4 is 11.1 Å². The Balaban J connectivity index is 2.24. The maximum atomic E-state index is 6.08. The molecule has 0 bridgehead atoms. The molecule has 5 heteroatoms. The molecule has 0 aliphatic heterocycles. The fourth-order valence-electron chi connectivity index (χ4n) is 2.31. The van der Waals surface area contributed by atoms with E-state index in [9.17, 15) is 0 Å². The Hall–Kier alpha value is -1.29. The van der Waals surface area contributed by atoms with Crippen molar-refractivity contribution >= 4 is 23.1 Å². The van der Waals surface area contributed by atoms with Crippen molar-refractivity contribution in [2.24, 2.45) is 0 Å². The molecule has 1 heterocycles. The van der Waals surface area contributed by atoms with Crippen LogP contribution >= 0.6 is 11.6 Å². The predicted molar refractivity (Wildman–Crippen MR) is 76.0 cm³/mol. The highest BCUT2D eigenvalue weighted by atomic mass is 35.5. The molecule has 0 radical (unpaired) electrons. The van der Waals surface area contributed by atoms with Gasteiger partial charge < -0.3 is 11.1 Å². The highest BCUT2D eigenvalue weighted by Crippen LogP contribution is 2.33. The van der Waals surface area contributed by atoms with Crippen LogP contribution in [0.3, 0.4) is 0 Å². The lowest BCUT2D eigenvalue weighted by Gasteiger charge is -2.21. The Morgan fingerprint density at radius 3 is 2.72 bits per heavy atom. The molecule has 0 unspecified atom stereocenters. The SMILES string of the molecule is C=CCNc1nc(C2CCCCC2)nc(Cl)c1N. The van der Waals surface area contributed by atoms with Crippen LogP contribution in [0.1, 0.15) is 43.8 Å². The van der Waals surface area contributed by atoms with Crippen molar-refractivity contribution in [2.75, 3.05) is 17.6 Å². The molecule has 1 saturated carbocycles. The van der Waals surface area contributed by atoms with E-state index in [0.29, 0.717) is 29.1 Å². The third kappa shape index (κ3) is 2.93. The number of hydrogen-bond donors (Lipinski definition) is 2. The summed E-state index contributed by atoms with van der Waals surface area (Å²) in [6, 6.07) is 0. The topological polar surface area (TPSA) is 63.8 Å². The lowest BCUT2D eigenvalue weighted by Crippen LogP contribution is -2.13. The van der Waals surface area contributed by atoms with E-state index in [2.05, 4.69) is 21.9 Å². The Labute approximate surface area is 113 Å². The molecule has 1 aliphatic rings. The maximum absolute atomic E-state index is 6.08. The monoisotopic (exact) mass is 266 g/mol. The first-order chi connectivity index (χ1) is 8.72. The van der Waals surface area contributed by atoms with Gasteiger partial charge in [-0.15, -0.1) is 6.58 Å². The summed E-state index contributed by atoms with van der Waals surface area (Å²) in [5.41, 5.74) is 6.28. The third-order valence-electron chi connectivity index (χ3n) is 3.30. The van der Waals surface area contributed by atoms with Crippen molar-refractivity contribution in [1.29, 1.82) is 0 Å². The minimum atomic E-state index is 0.345. The number of aromatic nitrogens is 2. The molecule has 0 saturated heterocycles. The van der Waals surface area contributed by atoms with Gasteiger partial charge in [-0.2, -0.15) is 0 Å². The Kier molecular flexibility index (Phi) is 4.42. The van der Waals surface area contributed by atoms with Gasteiger partial charge in [0.1, 0.15) is 11.5 Å². The van der Waals surface area contributed by atoms with Crippen LogP contribution in [0.2, 0.25) is 5.15 Å². The van der Waals surface area contributed by atoms with Crippen LogP contribution in [0.5, 0.6) is 0 Å². The molecule has 0 atom stereocenters. The summed E-state index contributed by atoms with van der Waals surface area (Å²) in [6.45, 7) is 4.27. The molecule has 98 valence electrons. The first kappa shape index (κ1) is 13.1. The molecule has 1 aliphatic carbocycles. The zero-order chi connectivity index (χ0) is 13.0. The minimum absolute atomic E-state index is 0.345. The van der Waals surface area contributed by atoms with Crippen LogP contribution in [-0.2, 0) is 0 Å². The van der Waals surface area contributed by atoms with Crippen molar-refractivity contribution in [3.05, 3.63) is 23.6 Å². The van der Waals surface area contributed by atoms with Crippen molar-refractivity contribution in [2.45, 2.75) is 38.0 Å². The average Bonchev–Trinajstić information content (AvgIpc) is 2.41. The summed E-state index contributed by atoms with van der Waals surface area (Å²) < 4.78 is 0. The molecule has 0 amide bonds. The van der Waals surface area contributed by atoms with Crippen molar-refractivity contribution in [3.8, 4) is 0 Å². The zero-order valence-corrected chi connectivity index (χ0v) is 11.2. The predicted octanol–water partition coefficient (Wildman–Crippen LogP) is 3.36. The van der Waals surface area contributed by atoms with E-state index >= 15 is 0 Å². The Morgan fingerprint density at radius 1 is 1.33 bits per heavy atom. The number of rotatable bonds is 4. The summed E-state index contributed by atoms with van der Waals surface area (Å²) >= 11 is 6.08. The lowest BCUT2D eigenvalue weighted by molar-refractivity contribution is 0.429. The first-order valence-corrected chi connectivity index (χ1v) is 6.78. The van der Waals surface area contributed by atoms with E-state index in [-0.39, 0.29) is 0 Å². The van der Waals surface area contributed by atoms with Crippen LogP contribution in [-0.4, -0.2) is 16.5 Å². The molecule has 1 fully saturated rings. The standard InChI is InChI=1S/C13H19ClN4/c1-2-8-16-13-10(15)11(14)17-12(18-13)9-6-4-3-5-7-9/h2,9H,1,3-8,15H2,(H,16,17,18). The van der Waals surface area contributed by atoms with Gasteiger partial charge in [-0.3, -0.25) is 0 Å². The van der Waals surface area contributed by atoms with Crippen molar-refractivity contribution in [1.82, 2.24) is 9.97 Å². The summed E-state index contributed by atoms with van der Waals surface area (Å²) in [7, 11) is 0. The number of nitrogens with zero attached hydrogens (tertiary/aromatic N) is 2. The number of nitrogens with one attached hydrogen (secondary N) is 1. The number of anilines is 2. The zero-order valence-electron chi connectivity index (χ0n) is 10.5. The van der Waals surface area contributed by atoms with Crippen molar-refractivity contribution in [3.63, 3.8) is 0 Å². The van der Waals surface area contributed by atoms with Crippen LogP contribution in [0, 0.1) is 0 Å². The minimum Gasteiger partial charge on any atom is -0.393 e. The van der Waals surface area contributed by atoms with E-state index in [1.807, 2.05) is 0 Å². The van der Waals surface area contributed by atoms with Gasteiger partial charge in [-0.25, -0.2) is 9.97 Å². The van der Waals surface area contributed by atoms with Gasteiger partial charge >= 0.3 is 0 Å². The van der Waals surface area contributed by atoms with Crippen molar-refractivity contribution < 1.29 is 0 Å². The number of nitrogen functional groups attached to an aromatic ring is 1. The molecule has 1 aromatic rings. The van der Waals surface area contributed by atoms with Gasteiger partial charge in [0, 0.05) is 12.5 Å². The highest BCUT2D eigenvalue weighted by molar-refractivity contribution is 6.32. The molecule has 4 nitrogen and oxygen atoms in total. The maximum Gasteiger partial charge on any atom is 0.157 e. The van der Waals surface area contributed by atoms with Gasteiger partial charge in [0.2, 0.25) is 0 Å². The third-order valence-corrected chi connectivity index (χ3v) is 3.59. The quantitative estimate of drug-likeness (QED) is 0.648. The molecule has 0 spiro atoms. The molecule has 2 rings (SSSR count). The molecule has 3 N–H and O–H groups in total. The van der Waals surface area contributed by atoms with Crippen LogP contribution in [0.4, 0.5) is 11.5 Å². The van der Waals surface area contributed by atoms with E-state index < -0.39 is 0 Å². The van der Waals surface area contributed by atoms with E-state index in [0.717, 1.165) is 18.7 Å². The van der Waals surface area contributed by atoms with E-state index in [1.54, 1.807) is 6.08 Å². The van der Waals surface area contributed by atoms with Gasteiger partial charge in [0.25, 0.3) is 0 Å². The van der Waals surface area contributed by atoms with E-state index in [1.165, 1.54) is 19.3 Å². The summed E-state index contributed by atoms with van der Waals surface area (Å²) in [4.78, 5) is 8.84. The molecule has 18 heavy (non-hydrogen) atoms. The Bertz CT molecular complexity index is 427. The summed E-state index contributed by atoms with van der Waals surface area (Å²) in [5.74, 6) is 1.86. The van der Waals surface area contributed by atoms with Crippen LogP contribution in [0.25, 0.3) is 0 Å². The number of hydrogen-bond acceptors (Lipinski definition) is 4. The fourth-order valence-corrected chi connectivity index (χ4v) is 2.48. The largest absolute Gasteiger partial charge is 0.393 e. The Morgan fingerprint density at radius 2 is 2.06 bits per heavy atom. The van der Waals surface area contributed by atoms with Gasteiger partial charge in [-0.05, 0) is 12.8 Å². The molecular weight excluding hydrogens is 248 g/mol. The van der Waals surface area contributed by atoms with Gasteiger partial charge in [0.05, 0.1) is 0 Å². The second-order valence-corrected chi connectivity index (χ2v) is 5.00. The average molecular weight is 267 g/mol. The smallest absolute Gasteiger partial charge is 0.157 e. The van der Waals surface area contributed by atoms with Crippen LogP contribution in [0.15, 0.2) is 12.7 Å². The van der Waals surface area contributed by atoms with Gasteiger partial charge in [-0.1, -0.05) is 36.9 Å². The molecule has 1 aromatic heterocycles. The summed E-state index contributed by atoms with van der Waals surface area (Å²) in [5, 5.41) is 3.45. The second-order valence-electron chi connectivity index (χ2n) is 4.64.